The molecule has 2 nitrogen and oxygen atoms in total. The fraction of sp³-hybridized carbons (Fsp3) is 0.125. The van der Waals surface area contributed by atoms with Crippen LogP contribution in [0.25, 0.3) is 11.1 Å². The van der Waals surface area contributed by atoms with E-state index >= 15 is 0 Å². The van der Waals surface area contributed by atoms with Gasteiger partial charge in [-0.05, 0) is 36.2 Å². The van der Waals surface area contributed by atoms with Crippen molar-refractivity contribution in [2.24, 2.45) is 0 Å². The minimum atomic E-state index is -0.0663. The fourth-order valence-corrected chi connectivity index (χ4v) is 3.81. The molecule has 0 aliphatic heterocycles. The Hall–Kier alpha value is -2.39. The molecule has 28 heavy (non-hydrogen) atoms. The number of hydrogen-bond donors (Lipinski definition) is 0. The van der Waals surface area contributed by atoms with Crippen molar-refractivity contribution in [2.45, 2.75) is 18.4 Å². The summed E-state index contributed by atoms with van der Waals surface area (Å²) in [5.74, 6) is 0. The molecule has 0 bridgehead atoms. The Morgan fingerprint density at radius 3 is 2.43 bits per heavy atom. The average molecular weight is 427 g/mol. The van der Waals surface area contributed by atoms with Gasteiger partial charge in [0.05, 0.1) is 5.52 Å². The minimum absolute atomic E-state index is 0. The molecular formula is C24H21FeNOS. The first-order valence-electron chi connectivity index (χ1n) is 9.10. The van der Waals surface area contributed by atoms with E-state index in [1.165, 1.54) is 5.56 Å². The molecule has 1 heterocycles. The van der Waals surface area contributed by atoms with E-state index in [0.717, 1.165) is 24.1 Å². The van der Waals surface area contributed by atoms with Crippen LogP contribution in [0.2, 0.25) is 0 Å². The van der Waals surface area contributed by atoms with Crippen LogP contribution in [0.5, 0.6) is 0 Å². The molecule has 0 saturated heterocycles. The molecule has 1 aliphatic rings. The van der Waals surface area contributed by atoms with Gasteiger partial charge in [-0.15, -0.1) is 5.56 Å². The van der Waals surface area contributed by atoms with Crippen LogP contribution in [0.15, 0.2) is 108 Å². The molecule has 0 fully saturated rings. The van der Waals surface area contributed by atoms with E-state index in [1.807, 2.05) is 48.5 Å². The van der Waals surface area contributed by atoms with Gasteiger partial charge in [0.1, 0.15) is 0 Å². The van der Waals surface area contributed by atoms with Gasteiger partial charge in [-0.3, -0.25) is 4.57 Å². The van der Waals surface area contributed by atoms with Gasteiger partial charge in [0, 0.05) is 6.54 Å². The predicted octanol–water partition coefficient (Wildman–Crippen LogP) is 6.54. The molecule has 142 valence electrons. The molecule has 1 aliphatic carbocycles. The maximum absolute atomic E-state index is 5.74. The largest absolute Gasteiger partial charge is 2.00 e. The van der Waals surface area contributed by atoms with Gasteiger partial charge in [0.15, 0.2) is 5.58 Å². The van der Waals surface area contributed by atoms with Gasteiger partial charge in [0.2, 0.25) is 0 Å². The van der Waals surface area contributed by atoms with Crippen molar-refractivity contribution in [1.82, 2.24) is 4.57 Å². The molecule has 4 heteroatoms. The van der Waals surface area contributed by atoms with Crippen LogP contribution in [-0.4, -0.2) is 4.57 Å². The van der Waals surface area contributed by atoms with Crippen LogP contribution in [0.3, 0.4) is 0 Å². The quantitative estimate of drug-likeness (QED) is 0.210. The number of nitrogens with zero attached hydrogens (tertiary/aromatic N) is 1. The molecule has 1 unspecified atom stereocenters. The maximum atomic E-state index is 5.74. The van der Waals surface area contributed by atoms with Gasteiger partial charge in [0.25, 0.3) is 4.84 Å². The van der Waals surface area contributed by atoms with Crippen molar-refractivity contribution in [1.29, 1.82) is 0 Å². The molecule has 5 rings (SSSR count). The minimum Gasteiger partial charge on any atom is -0.429 e. The second-order valence-corrected chi connectivity index (χ2v) is 7.05. The van der Waals surface area contributed by atoms with Crippen molar-refractivity contribution in [2.75, 3.05) is 0 Å². The van der Waals surface area contributed by atoms with Gasteiger partial charge >= 0.3 is 17.1 Å². The van der Waals surface area contributed by atoms with Crippen molar-refractivity contribution < 1.29 is 21.5 Å². The Bertz CT molecular complexity index is 1080. The monoisotopic (exact) mass is 427 g/mol. The van der Waals surface area contributed by atoms with Crippen LogP contribution >= 0.6 is 12.2 Å². The second kappa shape index (κ2) is 9.20. The molecule has 4 aromatic rings. The Balaban J connectivity index is 0.000000329. The van der Waals surface area contributed by atoms with Crippen LogP contribution in [0.4, 0.5) is 0 Å². The van der Waals surface area contributed by atoms with Crippen molar-refractivity contribution in [3.63, 3.8) is 0 Å². The third-order valence-corrected chi connectivity index (χ3v) is 5.26. The van der Waals surface area contributed by atoms with Crippen LogP contribution in [-0.2, 0) is 29.0 Å². The van der Waals surface area contributed by atoms with E-state index in [-0.39, 0.29) is 22.5 Å². The van der Waals surface area contributed by atoms with Gasteiger partial charge in [-0.2, -0.15) is 30.3 Å². The topological polar surface area (TPSA) is 18.1 Å². The normalized spacial score (nSPS) is 17.7. The molecule has 1 atom stereocenters. The number of rotatable bonds is 3. The number of hydrogen-bond acceptors (Lipinski definition) is 2. The fourth-order valence-electron chi connectivity index (χ4n) is 3.56. The number of oxazole rings is 1. The molecule has 0 saturated carbocycles. The second-order valence-electron chi connectivity index (χ2n) is 6.71. The van der Waals surface area contributed by atoms with E-state index in [1.54, 1.807) is 0 Å². The van der Waals surface area contributed by atoms with E-state index in [2.05, 4.69) is 59.2 Å². The summed E-state index contributed by atoms with van der Waals surface area (Å²) in [6.07, 6.45) is 9.70. The molecule has 1 aromatic heterocycles. The average Bonchev–Trinajstić information content (AvgIpc) is 3.47. The van der Waals surface area contributed by atoms with E-state index in [4.69, 9.17) is 16.6 Å². The zero-order valence-electron chi connectivity index (χ0n) is 15.3. The molecule has 0 N–H and O–H groups in total. The number of para-hydroxylation sites is 2. The number of allylic oxidation sites excluding steroid dienone is 4. The summed E-state index contributed by atoms with van der Waals surface area (Å²) in [4.78, 5) is 0.537. The first-order valence-corrected chi connectivity index (χ1v) is 9.51. The zero-order valence-corrected chi connectivity index (χ0v) is 17.3. The van der Waals surface area contributed by atoms with Crippen LogP contribution < -0.4 is 0 Å². The third kappa shape index (κ3) is 4.20. The maximum Gasteiger partial charge on any atom is 2.00 e. The predicted molar refractivity (Wildman–Crippen MR) is 114 cm³/mol. The number of benzene rings is 1. The standard InChI is InChI=1S/C19H16NOS.C5H5.Fe/c22-18-20(16-10-4-5-11-17(16)21-18)14-19(12-6-1-7-13-19)15-8-2-3-9-15;1-2-4-5-3-1;/h1-12H,13-14H2;1-5H;/q2*-1;+2. The Kier molecular flexibility index (Phi) is 6.69. The van der Waals surface area contributed by atoms with E-state index < -0.39 is 0 Å². The summed E-state index contributed by atoms with van der Waals surface area (Å²) >= 11 is 5.45. The van der Waals surface area contributed by atoms with E-state index in [0.29, 0.717) is 4.84 Å². The van der Waals surface area contributed by atoms with Crippen molar-refractivity contribution in [3.05, 3.63) is 114 Å². The Morgan fingerprint density at radius 2 is 1.79 bits per heavy atom. The van der Waals surface area contributed by atoms with Gasteiger partial charge in [-0.1, -0.05) is 36.4 Å². The smallest absolute Gasteiger partial charge is 0.429 e. The summed E-state index contributed by atoms with van der Waals surface area (Å²) in [6, 6.07) is 26.6. The third-order valence-electron chi connectivity index (χ3n) is 4.95. The summed E-state index contributed by atoms with van der Waals surface area (Å²) in [7, 11) is 0. The van der Waals surface area contributed by atoms with Crippen molar-refractivity contribution in [3.8, 4) is 0 Å². The van der Waals surface area contributed by atoms with Crippen LogP contribution in [0, 0.1) is 4.84 Å². The molecule has 0 amide bonds. The van der Waals surface area contributed by atoms with Crippen molar-refractivity contribution >= 4 is 23.3 Å². The molecular weight excluding hydrogens is 406 g/mol. The summed E-state index contributed by atoms with van der Waals surface area (Å²) in [5.41, 5.74) is 3.16. The SMILES string of the molecule is S=c1oc2ccccc2n1CC1([c-]2cccc2)C=CC=CC1.[Fe+2].c1cc[cH-]c1. The molecule has 0 spiro atoms. The number of aromatic nitrogens is 1. The first-order chi connectivity index (χ1) is 13.3. The number of fused-ring (bicyclic) bond motifs is 1. The Labute approximate surface area is 181 Å². The summed E-state index contributed by atoms with van der Waals surface area (Å²) in [5, 5.41) is 0. The van der Waals surface area contributed by atoms with Gasteiger partial charge in [-0.25, -0.2) is 24.3 Å². The van der Waals surface area contributed by atoms with Gasteiger partial charge < -0.3 is 4.42 Å². The molecule has 0 radical (unpaired) electrons. The first kappa shape index (κ1) is 20.3. The Morgan fingerprint density at radius 1 is 1.04 bits per heavy atom. The summed E-state index contributed by atoms with van der Waals surface area (Å²) < 4.78 is 7.85. The van der Waals surface area contributed by atoms with E-state index in [9.17, 15) is 0 Å². The summed E-state index contributed by atoms with van der Waals surface area (Å²) in [6.45, 7) is 0.785. The zero-order chi connectivity index (χ0) is 18.5. The molecule has 3 aromatic carbocycles. The van der Waals surface area contributed by atoms with Crippen LogP contribution in [0.1, 0.15) is 12.0 Å².